The maximum Gasteiger partial charge on any atom is 0.231 e. The molecule has 2 aliphatic heterocycles. The Morgan fingerprint density at radius 1 is 1.30 bits per heavy atom. The van der Waals surface area contributed by atoms with Crippen LogP contribution in [0.5, 0.6) is 0 Å². The van der Waals surface area contributed by atoms with Gasteiger partial charge in [0.1, 0.15) is 5.82 Å². The van der Waals surface area contributed by atoms with E-state index in [2.05, 4.69) is 15.3 Å². The van der Waals surface area contributed by atoms with Crippen LogP contribution >= 0.6 is 0 Å². The zero-order valence-electron chi connectivity index (χ0n) is 14.5. The van der Waals surface area contributed by atoms with Crippen molar-refractivity contribution in [2.24, 2.45) is 11.8 Å². The van der Waals surface area contributed by atoms with Crippen molar-refractivity contribution in [2.75, 3.05) is 25.0 Å². The van der Waals surface area contributed by atoms with E-state index in [-0.39, 0.29) is 42.0 Å². The maximum absolute atomic E-state index is 13.3. The number of nitrogens with one attached hydrogen (secondary N) is 1. The molecule has 0 bridgehead atoms. The highest BCUT2D eigenvalue weighted by atomic mass is 19.1. The molecule has 3 heterocycles. The number of benzene rings is 1. The lowest BCUT2D eigenvalue weighted by molar-refractivity contribution is -0.131. The average Bonchev–Trinajstić information content (AvgIpc) is 3.23. The third-order valence-electron chi connectivity index (χ3n) is 5.06. The maximum atomic E-state index is 13.3. The molecule has 7 nitrogen and oxygen atoms in total. The number of ether oxygens (including phenoxy) is 1. The van der Waals surface area contributed by atoms with Crippen LogP contribution in [0.25, 0.3) is 0 Å². The van der Waals surface area contributed by atoms with Crippen molar-refractivity contribution in [1.82, 2.24) is 14.9 Å². The van der Waals surface area contributed by atoms with Gasteiger partial charge in [-0.15, -0.1) is 0 Å². The molecule has 1 aromatic heterocycles. The van der Waals surface area contributed by atoms with Gasteiger partial charge in [0, 0.05) is 31.4 Å². The van der Waals surface area contributed by atoms with Crippen molar-refractivity contribution < 1.29 is 18.7 Å². The Labute approximate surface area is 155 Å². The van der Waals surface area contributed by atoms with Crippen LogP contribution in [0.2, 0.25) is 0 Å². The average molecular weight is 370 g/mol. The third-order valence-corrected chi connectivity index (χ3v) is 5.06. The predicted molar refractivity (Wildman–Crippen MR) is 94.1 cm³/mol. The fraction of sp³-hybridized carbons (Fsp3) is 0.368. The number of halogens is 1. The lowest BCUT2D eigenvalue weighted by Gasteiger charge is -2.19. The number of anilines is 1. The van der Waals surface area contributed by atoms with E-state index in [1.54, 1.807) is 17.0 Å². The molecule has 2 amide bonds. The second kappa shape index (κ2) is 7.40. The van der Waals surface area contributed by atoms with Crippen molar-refractivity contribution in [1.29, 1.82) is 0 Å². The fourth-order valence-electron chi connectivity index (χ4n) is 3.70. The Bertz CT molecular complexity index is 848. The zero-order valence-corrected chi connectivity index (χ0v) is 14.5. The number of nitrogens with zero attached hydrogens (tertiary/aromatic N) is 3. The lowest BCUT2D eigenvalue weighted by atomic mass is 9.92. The molecule has 4 rings (SSSR count). The van der Waals surface area contributed by atoms with Crippen LogP contribution in [0.3, 0.4) is 0 Å². The van der Waals surface area contributed by atoms with Gasteiger partial charge < -0.3 is 15.0 Å². The summed E-state index contributed by atoms with van der Waals surface area (Å²) in [6, 6.07) is 6.03. The molecule has 2 aromatic rings. The molecule has 1 aromatic carbocycles. The van der Waals surface area contributed by atoms with E-state index in [1.807, 2.05) is 0 Å². The number of carbonyl (C=O) groups excluding carboxylic acids is 2. The number of fused-ring (bicyclic) bond motifs is 1. The van der Waals surface area contributed by atoms with Crippen molar-refractivity contribution in [3.63, 3.8) is 0 Å². The van der Waals surface area contributed by atoms with Crippen molar-refractivity contribution in [2.45, 2.75) is 12.5 Å². The van der Waals surface area contributed by atoms with E-state index >= 15 is 0 Å². The number of likely N-dealkylation sites (tertiary alicyclic amines) is 1. The number of hydrogen-bond donors (Lipinski definition) is 1. The Balaban J connectivity index is 1.37. The van der Waals surface area contributed by atoms with Gasteiger partial charge in [0.05, 0.1) is 31.2 Å². The van der Waals surface area contributed by atoms with E-state index in [9.17, 15) is 14.0 Å². The zero-order chi connectivity index (χ0) is 18.8. The molecule has 2 fully saturated rings. The first-order valence-electron chi connectivity index (χ1n) is 8.81. The van der Waals surface area contributed by atoms with Gasteiger partial charge in [0.2, 0.25) is 11.8 Å². The highest BCUT2D eigenvalue weighted by Crippen LogP contribution is 2.34. The minimum atomic E-state index is -0.359. The third kappa shape index (κ3) is 3.80. The Morgan fingerprint density at radius 3 is 2.96 bits per heavy atom. The van der Waals surface area contributed by atoms with E-state index in [1.165, 1.54) is 30.7 Å². The van der Waals surface area contributed by atoms with Gasteiger partial charge in [-0.2, -0.15) is 0 Å². The molecule has 27 heavy (non-hydrogen) atoms. The van der Waals surface area contributed by atoms with Gasteiger partial charge in [-0.3, -0.25) is 14.6 Å². The van der Waals surface area contributed by atoms with Gasteiger partial charge in [-0.1, -0.05) is 12.1 Å². The van der Waals surface area contributed by atoms with Crippen LogP contribution in [0.1, 0.15) is 5.56 Å². The van der Waals surface area contributed by atoms with E-state index in [0.717, 1.165) is 0 Å². The molecule has 2 aliphatic rings. The Morgan fingerprint density at radius 2 is 2.19 bits per heavy atom. The Hall–Kier alpha value is -2.87. The molecular formula is C19H19FN4O3. The largest absolute Gasteiger partial charge is 0.375 e. The Kier molecular flexibility index (Phi) is 4.81. The highest BCUT2D eigenvalue weighted by molar-refractivity contribution is 5.92. The summed E-state index contributed by atoms with van der Waals surface area (Å²) < 4.78 is 19.1. The predicted octanol–water partition coefficient (Wildman–Crippen LogP) is 1.27. The summed E-state index contributed by atoms with van der Waals surface area (Å²) in [5.41, 5.74) is 0.634. The standard InChI is InChI=1S/C19H19FN4O3/c20-13-3-1-2-12(6-13)7-18(25)24-9-14-15(11-27-16(14)10-24)19(26)23-17-8-21-4-5-22-17/h1-6,8,14-16H,7,9-11H2,(H,22,23,26)/t14-,15-,16-/m1/s1. The lowest BCUT2D eigenvalue weighted by Crippen LogP contribution is -2.35. The first kappa shape index (κ1) is 17.5. The molecular weight excluding hydrogens is 351 g/mol. The minimum absolute atomic E-state index is 0.0573. The summed E-state index contributed by atoms with van der Waals surface area (Å²) in [6.07, 6.45) is 4.50. The van der Waals surface area contributed by atoms with Crippen LogP contribution in [-0.4, -0.2) is 52.5 Å². The van der Waals surface area contributed by atoms with Gasteiger partial charge in [-0.05, 0) is 17.7 Å². The number of amides is 2. The first-order valence-corrected chi connectivity index (χ1v) is 8.81. The highest BCUT2D eigenvalue weighted by Gasteiger charge is 2.47. The van der Waals surface area contributed by atoms with Gasteiger partial charge in [-0.25, -0.2) is 9.37 Å². The van der Waals surface area contributed by atoms with Gasteiger partial charge in [0.25, 0.3) is 0 Å². The van der Waals surface area contributed by atoms with E-state index in [4.69, 9.17) is 4.74 Å². The molecule has 1 N–H and O–H groups in total. The SMILES string of the molecule is O=C(Nc1cnccn1)[C@@H]1CO[C@@H]2CN(C(=O)Cc3cccc(F)c3)C[C@@H]21. The number of aromatic nitrogens is 2. The summed E-state index contributed by atoms with van der Waals surface area (Å²) in [4.78, 5) is 34.8. The molecule has 3 atom stereocenters. The van der Waals surface area contributed by atoms with Gasteiger partial charge in [0.15, 0.2) is 5.82 Å². The van der Waals surface area contributed by atoms with Crippen LogP contribution < -0.4 is 5.32 Å². The van der Waals surface area contributed by atoms with E-state index in [0.29, 0.717) is 31.1 Å². The van der Waals surface area contributed by atoms with E-state index < -0.39 is 0 Å². The number of carbonyl (C=O) groups is 2. The summed E-state index contributed by atoms with van der Waals surface area (Å²) in [5, 5.41) is 2.75. The van der Waals surface area contributed by atoms with Crippen LogP contribution in [0.15, 0.2) is 42.9 Å². The number of rotatable bonds is 4. The topological polar surface area (TPSA) is 84.4 Å². The normalized spacial score (nSPS) is 23.9. The second-order valence-electron chi connectivity index (χ2n) is 6.83. The van der Waals surface area contributed by atoms with Crippen molar-refractivity contribution in [3.8, 4) is 0 Å². The number of hydrogen-bond acceptors (Lipinski definition) is 5. The summed E-state index contributed by atoms with van der Waals surface area (Å²) in [7, 11) is 0. The summed E-state index contributed by atoms with van der Waals surface area (Å²) in [5.74, 6) is -0.637. The van der Waals surface area contributed by atoms with Crippen LogP contribution in [0, 0.1) is 17.7 Å². The van der Waals surface area contributed by atoms with Crippen molar-refractivity contribution in [3.05, 3.63) is 54.2 Å². The van der Waals surface area contributed by atoms with Crippen molar-refractivity contribution >= 4 is 17.6 Å². The molecule has 140 valence electrons. The second-order valence-corrected chi connectivity index (χ2v) is 6.83. The molecule has 0 unspecified atom stereocenters. The molecule has 8 heteroatoms. The minimum Gasteiger partial charge on any atom is -0.375 e. The van der Waals surface area contributed by atoms with Crippen LogP contribution in [0.4, 0.5) is 10.2 Å². The quantitative estimate of drug-likeness (QED) is 0.876. The molecule has 0 radical (unpaired) electrons. The molecule has 0 saturated carbocycles. The van der Waals surface area contributed by atoms with Gasteiger partial charge >= 0.3 is 0 Å². The fourth-order valence-corrected chi connectivity index (χ4v) is 3.70. The monoisotopic (exact) mass is 370 g/mol. The van der Waals surface area contributed by atoms with Crippen LogP contribution in [-0.2, 0) is 20.7 Å². The molecule has 2 saturated heterocycles. The smallest absolute Gasteiger partial charge is 0.231 e. The molecule has 0 spiro atoms. The summed E-state index contributed by atoms with van der Waals surface area (Å²) >= 11 is 0. The first-order chi connectivity index (χ1) is 13.1. The summed E-state index contributed by atoms with van der Waals surface area (Å²) in [6.45, 7) is 1.23. The molecule has 0 aliphatic carbocycles.